The zero-order valence-electron chi connectivity index (χ0n) is 13.2. The van der Waals surface area contributed by atoms with Crippen molar-refractivity contribution in [3.8, 4) is 0 Å². The van der Waals surface area contributed by atoms with Gasteiger partial charge in [-0.15, -0.1) is 0 Å². The Bertz CT molecular complexity index is 489. The summed E-state index contributed by atoms with van der Waals surface area (Å²) in [6.45, 7) is 7.81. The van der Waals surface area contributed by atoms with Crippen LogP contribution in [0.5, 0.6) is 0 Å². The Hall–Kier alpha value is -1.39. The highest BCUT2D eigenvalue weighted by molar-refractivity contribution is 5.84. The molecule has 1 unspecified atom stereocenters. The smallest absolute Gasteiger partial charge is 0.237 e. The van der Waals surface area contributed by atoms with Crippen molar-refractivity contribution in [1.29, 1.82) is 0 Å². The van der Waals surface area contributed by atoms with E-state index in [1.807, 2.05) is 13.8 Å². The number of rotatable bonds is 7. The molecule has 1 aromatic carbocycles. The highest BCUT2D eigenvalue weighted by Crippen LogP contribution is 2.20. The first-order valence-corrected chi connectivity index (χ1v) is 7.89. The maximum atomic E-state index is 11.6. The summed E-state index contributed by atoms with van der Waals surface area (Å²) in [6.07, 6.45) is 2.89. The van der Waals surface area contributed by atoms with Crippen molar-refractivity contribution in [2.45, 2.75) is 45.2 Å². The van der Waals surface area contributed by atoms with Gasteiger partial charge in [0.1, 0.15) is 0 Å². The fourth-order valence-electron chi connectivity index (χ4n) is 3.09. The van der Waals surface area contributed by atoms with Crippen LogP contribution in [0.25, 0.3) is 0 Å². The van der Waals surface area contributed by atoms with Gasteiger partial charge in [-0.2, -0.15) is 0 Å². The third kappa shape index (κ3) is 4.05. The van der Waals surface area contributed by atoms with Gasteiger partial charge in [-0.05, 0) is 50.4 Å². The van der Waals surface area contributed by atoms with Gasteiger partial charge >= 0.3 is 0 Å². The lowest BCUT2D eigenvalue weighted by molar-refractivity contribution is -0.124. The molecule has 0 radical (unpaired) electrons. The van der Waals surface area contributed by atoms with Crippen molar-refractivity contribution in [1.82, 2.24) is 10.2 Å². The van der Waals surface area contributed by atoms with Gasteiger partial charge in [-0.25, -0.2) is 0 Å². The second-order valence-corrected chi connectivity index (χ2v) is 6.13. The number of benzene rings is 1. The summed E-state index contributed by atoms with van der Waals surface area (Å²) in [4.78, 5) is 14.1. The lowest BCUT2D eigenvalue weighted by Crippen LogP contribution is -2.53. The van der Waals surface area contributed by atoms with Crippen molar-refractivity contribution in [3.05, 3.63) is 35.4 Å². The van der Waals surface area contributed by atoms with Crippen LogP contribution in [0.2, 0.25) is 0 Å². The van der Waals surface area contributed by atoms with Crippen LogP contribution in [-0.2, 0) is 17.8 Å². The molecule has 0 saturated carbocycles. The quantitative estimate of drug-likeness (QED) is 0.803. The van der Waals surface area contributed by atoms with Crippen LogP contribution in [0.15, 0.2) is 24.3 Å². The van der Waals surface area contributed by atoms with Crippen LogP contribution in [0.1, 0.15) is 37.8 Å². The number of fused-ring (bicyclic) bond motifs is 1. The zero-order chi connectivity index (χ0) is 15.3. The van der Waals surface area contributed by atoms with E-state index in [1.54, 1.807) is 0 Å². The van der Waals surface area contributed by atoms with Gasteiger partial charge in [-0.1, -0.05) is 31.2 Å². The summed E-state index contributed by atoms with van der Waals surface area (Å²) >= 11 is 0. The van der Waals surface area contributed by atoms with Crippen LogP contribution in [-0.4, -0.2) is 36.0 Å². The van der Waals surface area contributed by atoms with Gasteiger partial charge in [0, 0.05) is 13.1 Å². The Labute approximate surface area is 127 Å². The normalized spacial score (nSPS) is 18.0. The number of primary amides is 1. The fourth-order valence-corrected chi connectivity index (χ4v) is 3.09. The first-order chi connectivity index (χ1) is 10.0. The summed E-state index contributed by atoms with van der Waals surface area (Å²) in [5.74, 6) is -0.256. The van der Waals surface area contributed by atoms with Gasteiger partial charge in [0.15, 0.2) is 0 Å². The lowest BCUT2D eigenvalue weighted by Gasteiger charge is -2.31. The third-order valence-electron chi connectivity index (χ3n) is 4.47. The first kappa shape index (κ1) is 16.0. The Balaban J connectivity index is 1.83. The standard InChI is InChI=1S/C17H27N3O/c1-3-19-17(2,16(18)21)10-6-11-20-12-9-14-7-4-5-8-15(14)13-20/h4-5,7-8,19H,3,6,9-13H2,1-2H3,(H2,18,21). The van der Waals surface area contributed by atoms with Crippen molar-refractivity contribution >= 4 is 5.91 Å². The fraction of sp³-hybridized carbons (Fsp3) is 0.588. The molecule has 1 aliphatic rings. The second kappa shape index (κ2) is 7.05. The van der Waals surface area contributed by atoms with Crippen molar-refractivity contribution in [3.63, 3.8) is 0 Å². The predicted molar refractivity (Wildman–Crippen MR) is 85.9 cm³/mol. The molecule has 1 heterocycles. The molecule has 1 amide bonds. The first-order valence-electron chi connectivity index (χ1n) is 7.89. The van der Waals surface area contributed by atoms with E-state index in [0.29, 0.717) is 0 Å². The Kier molecular flexibility index (Phi) is 5.37. The van der Waals surface area contributed by atoms with Crippen molar-refractivity contribution < 1.29 is 4.79 Å². The topological polar surface area (TPSA) is 58.4 Å². The molecular formula is C17H27N3O. The average molecular weight is 289 g/mol. The minimum absolute atomic E-state index is 0.256. The summed E-state index contributed by atoms with van der Waals surface area (Å²) < 4.78 is 0. The van der Waals surface area contributed by atoms with E-state index < -0.39 is 5.54 Å². The molecule has 3 N–H and O–H groups in total. The molecule has 1 aromatic rings. The number of likely N-dealkylation sites (N-methyl/N-ethyl adjacent to an activating group) is 1. The van der Waals surface area contributed by atoms with E-state index in [-0.39, 0.29) is 5.91 Å². The monoisotopic (exact) mass is 289 g/mol. The van der Waals surface area contributed by atoms with Crippen LogP contribution in [0.3, 0.4) is 0 Å². The summed E-state index contributed by atoms with van der Waals surface area (Å²) in [7, 11) is 0. The molecule has 1 aliphatic heterocycles. The van der Waals surface area contributed by atoms with E-state index in [0.717, 1.165) is 45.4 Å². The Morgan fingerprint density at radius 2 is 2.10 bits per heavy atom. The number of amides is 1. The molecule has 0 bridgehead atoms. The molecule has 21 heavy (non-hydrogen) atoms. The van der Waals surface area contributed by atoms with Gasteiger partial charge < -0.3 is 11.1 Å². The molecule has 0 aromatic heterocycles. The number of carbonyl (C=O) groups excluding carboxylic acids is 1. The molecule has 2 rings (SSSR count). The van der Waals surface area contributed by atoms with Crippen LogP contribution < -0.4 is 11.1 Å². The molecule has 0 spiro atoms. The van der Waals surface area contributed by atoms with Crippen LogP contribution in [0, 0.1) is 0 Å². The third-order valence-corrected chi connectivity index (χ3v) is 4.47. The van der Waals surface area contributed by atoms with Gasteiger partial charge in [0.05, 0.1) is 5.54 Å². The summed E-state index contributed by atoms with van der Waals surface area (Å²) in [5, 5.41) is 3.22. The minimum Gasteiger partial charge on any atom is -0.368 e. The average Bonchev–Trinajstić information content (AvgIpc) is 2.47. The molecule has 4 heteroatoms. The molecule has 0 fully saturated rings. The Morgan fingerprint density at radius 3 is 2.76 bits per heavy atom. The van der Waals surface area contributed by atoms with Crippen LogP contribution >= 0.6 is 0 Å². The predicted octanol–water partition coefficient (Wildman–Crippen LogP) is 1.68. The molecule has 1 atom stereocenters. The molecule has 4 nitrogen and oxygen atoms in total. The van der Waals surface area contributed by atoms with E-state index >= 15 is 0 Å². The Morgan fingerprint density at radius 1 is 1.38 bits per heavy atom. The van der Waals surface area contributed by atoms with Crippen LogP contribution in [0.4, 0.5) is 0 Å². The van der Waals surface area contributed by atoms with Crippen molar-refractivity contribution in [2.75, 3.05) is 19.6 Å². The number of nitrogens with zero attached hydrogens (tertiary/aromatic N) is 1. The molecule has 116 valence electrons. The molecular weight excluding hydrogens is 262 g/mol. The van der Waals surface area contributed by atoms with Gasteiger partial charge in [0.25, 0.3) is 0 Å². The highest BCUT2D eigenvalue weighted by Gasteiger charge is 2.29. The highest BCUT2D eigenvalue weighted by atomic mass is 16.1. The second-order valence-electron chi connectivity index (χ2n) is 6.13. The number of carbonyl (C=O) groups is 1. The minimum atomic E-state index is -0.581. The maximum absolute atomic E-state index is 11.6. The van der Waals surface area contributed by atoms with E-state index in [9.17, 15) is 4.79 Å². The van der Waals surface area contributed by atoms with Gasteiger partial charge in [0.2, 0.25) is 5.91 Å². The largest absolute Gasteiger partial charge is 0.368 e. The molecule has 0 aliphatic carbocycles. The SMILES string of the molecule is CCNC(C)(CCCN1CCc2ccccc2C1)C(N)=O. The van der Waals surface area contributed by atoms with Gasteiger partial charge in [-0.3, -0.25) is 9.69 Å². The summed E-state index contributed by atoms with van der Waals surface area (Å²) in [5.41, 5.74) is 7.86. The molecule has 0 saturated heterocycles. The van der Waals surface area contributed by atoms with Crippen molar-refractivity contribution in [2.24, 2.45) is 5.73 Å². The number of hydrogen-bond acceptors (Lipinski definition) is 3. The van der Waals surface area contributed by atoms with E-state index in [1.165, 1.54) is 11.1 Å². The van der Waals surface area contributed by atoms with E-state index in [4.69, 9.17) is 5.73 Å². The van der Waals surface area contributed by atoms with E-state index in [2.05, 4.69) is 34.5 Å². The zero-order valence-corrected chi connectivity index (χ0v) is 13.2. The summed E-state index contributed by atoms with van der Waals surface area (Å²) in [6, 6.07) is 8.66. The number of hydrogen-bond donors (Lipinski definition) is 2. The lowest BCUT2D eigenvalue weighted by atomic mass is 9.94. The maximum Gasteiger partial charge on any atom is 0.237 e. The number of nitrogens with two attached hydrogens (primary N) is 1. The number of nitrogens with one attached hydrogen (secondary N) is 1.